The monoisotopic (exact) mass is 462 g/mol. The Bertz CT molecular complexity index is 1030. The number of hydrogen-bond acceptors (Lipinski definition) is 6. The number of nitrogens with one attached hydrogen (secondary N) is 1. The van der Waals surface area contributed by atoms with E-state index in [1.807, 2.05) is 26.0 Å². The highest BCUT2D eigenvalue weighted by Crippen LogP contribution is 2.34. The molecular formula is C23H30N2O6S. The normalized spacial score (nSPS) is 12.8. The Balaban J connectivity index is 1.46. The molecule has 0 radical (unpaired) electrons. The molecule has 1 N–H and O–H groups in total. The lowest BCUT2D eigenvalue weighted by atomic mass is 10.1. The van der Waals surface area contributed by atoms with Crippen molar-refractivity contribution in [3.05, 3.63) is 47.5 Å². The highest BCUT2D eigenvalue weighted by atomic mass is 32.2. The number of benzene rings is 2. The largest absolute Gasteiger partial charge is 0.492 e. The number of aryl methyl sites for hydroxylation is 2. The smallest absolute Gasteiger partial charge is 0.232 e. The predicted molar refractivity (Wildman–Crippen MR) is 123 cm³/mol. The van der Waals surface area contributed by atoms with Crippen molar-refractivity contribution in [3.8, 4) is 17.2 Å². The molecule has 0 aromatic heterocycles. The molecule has 2 aromatic rings. The maximum absolute atomic E-state index is 12.3. The van der Waals surface area contributed by atoms with Gasteiger partial charge in [0.25, 0.3) is 0 Å². The average molecular weight is 463 g/mol. The summed E-state index contributed by atoms with van der Waals surface area (Å²) in [6.45, 7) is 5.82. The Morgan fingerprint density at radius 3 is 2.44 bits per heavy atom. The molecule has 8 nitrogen and oxygen atoms in total. The van der Waals surface area contributed by atoms with Gasteiger partial charge in [-0.05, 0) is 55.7 Å². The summed E-state index contributed by atoms with van der Waals surface area (Å²) >= 11 is 0. The van der Waals surface area contributed by atoms with Gasteiger partial charge in [-0.1, -0.05) is 6.07 Å². The van der Waals surface area contributed by atoms with Crippen molar-refractivity contribution in [2.24, 2.45) is 0 Å². The third-order valence-electron chi connectivity index (χ3n) is 4.87. The van der Waals surface area contributed by atoms with Crippen LogP contribution in [0.4, 0.5) is 5.69 Å². The number of sulfonamides is 1. The molecule has 0 aliphatic carbocycles. The summed E-state index contributed by atoms with van der Waals surface area (Å²) in [5.74, 6) is 1.74. The molecule has 0 fully saturated rings. The Morgan fingerprint density at radius 1 is 1.06 bits per heavy atom. The Morgan fingerprint density at radius 2 is 1.75 bits per heavy atom. The van der Waals surface area contributed by atoms with Crippen molar-refractivity contribution in [1.29, 1.82) is 0 Å². The molecule has 0 atom stereocenters. The van der Waals surface area contributed by atoms with Crippen LogP contribution in [-0.4, -0.2) is 53.5 Å². The van der Waals surface area contributed by atoms with E-state index in [0.29, 0.717) is 50.0 Å². The van der Waals surface area contributed by atoms with Gasteiger partial charge in [-0.3, -0.25) is 9.10 Å². The first-order chi connectivity index (χ1) is 15.2. The average Bonchev–Trinajstić information content (AvgIpc) is 2.72. The molecule has 32 heavy (non-hydrogen) atoms. The van der Waals surface area contributed by atoms with Gasteiger partial charge in [0.05, 0.1) is 18.5 Å². The number of hydrogen-bond donors (Lipinski definition) is 1. The number of nitrogens with zero attached hydrogens (tertiary/aromatic N) is 1. The first-order valence-corrected chi connectivity index (χ1v) is 12.4. The number of ether oxygens (including phenoxy) is 3. The quantitative estimate of drug-likeness (QED) is 0.546. The van der Waals surface area contributed by atoms with Crippen LogP contribution >= 0.6 is 0 Å². The highest BCUT2D eigenvalue weighted by Gasteiger charge is 2.21. The van der Waals surface area contributed by atoms with Crippen LogP contribution in [0.3, 0.4) is 0 Å². The van der Waals surface area contributed by atoms with Gasteiger partial charge < -0.3 is 19.5 Å². The zero-order chi connectivity index (χ0) is 23.1. The number of carbonyl (C=O) groups is 1. The molecule has 174 valence electrons. The molecule has 1 amide bonds. The summed E-state index contributed by atoms with van der Waals surface area (Å²) in [7, 11) is -3.52. The summed E-state index contributed by atoms with van der Waals surface area (Å²) in [5, 5.41) is 2.81. The van der Waals surface area contributed by atoms with Gasteiger partial charge in [0.2, 0.25) is 15.9 Å². The van der Waals surface area contributed by atoms with Gasteiger partial charge in [0.15, 0.2) is 11.5 Å². The lowest BCUT2D eigenvalue weighted by Crippen LogP contribution is -2.33. The van der Waals surface area contributed by atoms with Crippen LogP contribution in [0, 0.1) is 13.8 Å². The van der Waals surface area contributed by atoms with E-state index >= 15 is 0 Å². The van der Waals surface area contributed by atoms with E-state index in [1.54, 1.807) is 18.2 Å². The van der Waals surface area contributed by atoms with E-state index in [1.165, 1.54) is 4.31 Å². The van der Waals surface area contributed by atoms with Crippen molar-refractivity contribution in [1.82, 2.24) is 5.32 Å². The van der Waals surface area contributed by atoms with Crippen molar-refractivity contribution in [2.45, 2.75) is 26.7 Å². The Labute approximate surface area is 189 Å². The van der Waals surface area contributed by atoms with Gasteiger partial charge in [-0.2, -0.15) is 0 Å². The van der Waals surface area contributed by atoms with E-state index in [2.05, 4.69) is 11.4 Å². The fourth-order valence-corrected chi connectivity index (χ4v) is 4.48. The molecule has 1 aliphatic heterocycles. The third kappa shape index (κ3) is 6.78. The lowest BCUT2D eigenvalue weighted by Gasteiger charge is -2.25. The van der Waals surface area contributed by atoms with Crippen LogP contribution < -0.4 is 23.8 Å². The molecule has 0 bridgehead atoms. The van der Waals surface area contributed by atoms with E-state index < -0.39 is 10.0 Å². The van der Waals surface area contributed by atoms with Crippen LogP contribution in [0.15, 0.2) is 36.4 Å². The van der Waals surface area contributed by atoms with Crippen LogP contribution in [0.1, 0.15) is 24.0 Å². The lowest BCUT2D eigenvalue weighted by molar-refractivity contribution is -0.121. The summed E-state index contributed by atoms with van der Waals surface area (Å²) in [5.41, 5.74) is 2.73. The minimum Gasteiger partial charge on any atom is -0.492 e. The minimum atomic E-state index is -3.52. The number of rotatable bonds is 10. The fourth-order valence-electron chi connectivity index (χ4n) is 3.52. The standard InChI is InChI=1S/C23H30N2O6S/c1-17-13-18(2)15-20(14-17)29-10-8-24-23(26)5-4-9-25(32(3,27)28)19-6-7-21-22(16-19)31-12-11-30-21/h6-7,13-16H,4-5,8-12H2,1-3H3,(H,24,26). The minimum absolute atomic E-state index is 0.148. The van der Waals surface area contributed by atoms with Crippen LogP contribution in [0.5, 0.6) is 17.2 Å². The number of fused-ring (bicyclic) bond motifs is 1. The van der Waals surface area contributed by atoms with Gasteiger partial charge in [0, 0.05) is 19.0 Å². The van der Waals surface area contributed by atoms with Gasteiger partial charge in [-0.15, -0.1) is 0 Å². The number of carbonyl (C=O) groups excluding carboxylic acids is 1. The molecule has 3 rings (SSSR count). The summed E-state index contributed by atoms with van der Waals surface area (Å²) in [4.78, 5) is 12.2. The second kappa shape index (κ2) is 10.6. The first kappa shape index (κ1) is 23.7. The number of amides is 1. The van der Waals surface area contributed by atoms with Gasteiger partial charge in [0.1, 0.15) is 25.6 Å². The van der Waals surface area contributed by atoms with Crippen molar-refractivity contribution in [3.63, 3.8) is 0 Å². The van der Waals surface area contributed by atoms with E-state index in [9.17, 15) is 13.2 Å². The second-order valence-corrected chi connectivity index (χ2v) is 9.70. The van der Waals surface area contributed by atoms with Crippen molar-refractivity contribution in [2.75, 3.05) is 43.5 Å². The maximum Gasteiger partial charge on any atom is 0.232 e. The van der Waals surface area contributed by atoms with Crippen LogP contribution in [0.2, 0.25) is 0 Å². The third-order valence-corrected chi connectivity index (χ3v) is 6.06. The summed E-state index contributed by atoms with van der Waals surface area (Å²) < 4.78 is 42.6. The zero-order valence-corrected chi connectivity index (χ0v) is 19.5. The Hall–Kier alpha value is -2.94. The van der Waals surface area contributed by atoms with Gasteiger partial charge in [-0.25, -0.2) is 8.42 Å². The second-order valence-electron chi connectivity index (χ2n) is 7.79. The van der Waals surface area contributed by atoms with Gasteiger partial charge >= 0.3 is 0 Å². The van der Waals surface area contributed by atoms with Crippen molar-refractivity contribution >= 4 is 21.6 Å². The molecule has 0 unspecified atom stereocenters. The molecule has 0 saturated carbocycles. The molecule has 0 saturated heterocycles. The zero-order valence-electron chi connectivity index (χ0n) is 18.7. The molecule has 0 spiro atoms. The van der Waals surface area contributed by atoms with Crippen LogP contribution in [0.25, 0.3) is 0 Å². The maximum atomic E-state index is 12.3. The van der Waals surface area contributed by atoms with E-state index in [0.717, 1.165) is 23.1 Å². The van der Waals surface area contributed by atoms with E-state index in [4.69, 9.17) is 14.2 Å². The number of anilines is 1. The molecule has 1 heterocycles. The highest BCUT2D eigenvalue weighted by molar-refractivity contribution is 7.92. The summed E-state index contributed by atoms with van der Waals surface area (Å²) in [6.07, 6.45) is 1.74. The summed E-state index contributed by atoms with van der Waals surface area (Å²) in [6, 6.07) is 11.0. The van der Waals surface area contributed by atoms with Crippen LogP contribution in [-0.2, 0) is 14.8 Å². The SMILES string of the molecule is Cc1cc(C)cc(OCCNC(=O)CCCN(c2ccc3c(c2)OCCO3)S(C)(=O)=O)c1. The topological polar surface area (TPSA) is 94.2 Å². The molecule has 9 heteroatoms. The fraction of sp³-hybridized carbons (Fsp3) is 0.435. The molecule has 1 aliphatic rings. The Kier molecular flexibility index (Phi) is 7.84. The first-order valence-electron chi connectivity index (χ1n) is 10.6. The molecule has 2 aromatic carbocycles. The van der Waals surface area contributed by atoms with E-state index in [-0.39, 0.29) is 18.9 Å². The molecular weight excluding hydrogens is 432 g/mol. The van der Waals surface area contributed by atoms with Crippen molar-refractivity contribution < 1.29 is 27.4 Å². The predicted octanol–water partition coefficient (Wildman–Crippen LogP) is 2.82.